The summed E-state index contributed by atoms with van der Waals surface area (Å²) in [5.41, 5.74) is 2.99. The molecule has 0 amide bonds. The molecule has 126 valence electrons. The number of hydrogen-bond donors (Lipinski definition) is 0. The van der Waals surface area contributed by atoms with Gasteiger partial charge in [-0.1, -0.05) is 41.6 Å². The second-order valence-electron chi connectivity index (χ2n) is 5.35. The molecule has 0 saturated heterocycles. The zero-order valence-electron chi connectivity index (χ0n) is 13.8. The van der Waals surface area contributed by atoms with Crippen LogP contribution in [0.4, 0.5) is 0 Å². The van der Waals surface area contributed by atoms with E-state index < -0.39 is 0 Å². The molecule has 0 radical (unpaired) electrons. The van der Waals surface area contributed by atoms with Gasteiger partial charge in [0.2, 0.25) is 0 Å². The summed E-state index contributed by atoms with van der Waals surface area (Å²) in [5.74, 6) is 0.835. The van der Waals surface area contributed by atoms with Gasteiger partial charge < -0.3 is 4.57 Å². The molecule has 6 nitrogen and oxygen atoms in total. The molecule has 0 fully saturated rings. The Morgan fingerprint density at radius 2 is 1.88 bits per heavy atom. The van der Waals surface area contributed by atoms with E-state index in [4.69, 9.17) is 0 Å². The molecule has 0 aliphatic carbocycles. The maximum Gasteiger partial charge on any atom is 0.197 e. The average molecular weight is 387 g/mol. The number of thioether (sulfide) groups is 1. The van der Waals surface area contributed by atoms with Crippen molar-refractivity contribution >= 4 is 45.2 Å². The zero-order chi connectivity index (χ0) is 17.4. The predicted octanol–water partition coefficient (Wildman–Crippen LogP) is 4.06. The summed E-state index contributed by atoms with van der Waals surface area (Å²) in [6, 6.07) is 8.27. The predicted molar refractivity (Wildman–Crippen MR) is 102 cm³/mol. The van der Waals surface area contributed by atoms with E-state index in [1.807, 2.05) is 17.9 Å². The van der Waals surface area contributed by atoms with Crippen LogP contribution in [0.1, 0.15) is 5.56 Å². The van der Waals surface area contributed by atoms with Gasteiger partial charge in [-0.05, 0) is 24.9 Å². The third-order valence-corrected chi connectivity index (χ3v) is 6.85. The lowest BCUT2D eigenvalue weighted by atomic mass is 10.1. The average Bonchev–Trinajstić information content (AvgIpc) is 3.20. The summed E-state index contributed by atoms with van der Waals surface area (Å²) >= 11 is 4.70. The Hall–Kier alpha value is -1.97. The van der Waals surface area contributed by atoms with Gasteiger partial charge in [0.05, 0.1) is 0 Å². The quantitative estimate of drug-likeness (QED) is 0.387. The van der Waals surface area contributed by atoms with Gasteiger partial charge in [-0.15, -0.1) is 21.5 Å². The summed E-state index contributed by atoms with van der Waals surface area (Å²) in [6.45, 7) is 2.07. The van der Waals surface area contributed by atoms with E-state index in [9.17, 15) is 0 Å². The first-order chi connectivity index (χ1) is 12.2. The normalized spacial score (nSPS) is 11.3. The van der Waals surface area contributed by atoms with E-state index in [-0.39, 0.29) is 0 Å². The number of aromatic nitrogens is 6. The van der Waals surface area contributed by atoms with Crippen LogP contribution in [0.25, 0.3) is 21.7 Å². The van der Waals surface area contributed by atoms with Crippen molar-refractivity contribution in [2.45, 2.75) is 21.4 Å². The first kappa shape index (κ1) is 16.5. The lowest BCUT2D eigenvalue weighted by Gasteiger charge is -2.04. The molecule has 1 aromatic carbocycles. The first-order valence-electron chi connectivity index (χ1n) is 7.45. The molecule has 0 aliphatic rings. The summed E-state index contributed by atoms with van der Waals surface area (Å²) in [7, 11) is 1.97. The van der Waals surface area contributed by atoms with Crippen LogP contribution in [-0.4, -0.2) is 36.0 Å². The highest BCUT2D eigenvalue weighted by Crippen LogP contribution is 2.36. The van der Waals surface area contributed by atoms with Gasteiger partial charge in [0, 0.05) is 12.6 Å². The minimum Gasteiger partial charge on any atom is -0.305 e. The van der Waals surface area contributed by atoms with Gasteiger partial charge >= 0.3 is 0 Å². The van der Waals surface area contributed by atoms with E-state index in [2.05, 4.69) is 56.3 Å². The van der Waals surface area contributed by atoms with Crippen molar-refractivity contribution in [3.05, 3.63) is 36.2 Å². The molecular weight excluding hydrogens is 372 g/mol. The largest absolute Gasteiger partial charge is 0.305 e. The topological polar surface area (TPSA) is 69.4 Å². The van der Waals surface area contributed by atoms with Crippen LogP contribution >= 0.6 is 34.9 Å². The SMILES string of the molecule is CSc1nc2ncnc(Sc3nnc(-c4ccc(C)cc4)n3C)c2s1. The Bertz CT molecular complexity index is 1040. The fraction of sp³-hybridized carbons (Fsp3) is 0.188. The van der Waals surface area contributed by atoms with Crippen molar-refractivity contribution in [2.75, 3.05) is 6.26 Å². The third kappa shape index (κ3) is 3.14. The van der Waals surface area contributed by atoms with Crippen molar-refractivity contribution in [3.8, 4) is 11.4 Å². The number of benzene rings is 1. The standard InChI is InChI=1S/C16H14N6S3/c1-9-4-6-10(7-5-9)13-20-21-15(22(13)2)25-14-11-12(17-8-18-14)19-16(23-3)24-11/h4-8H,1-3H3. The fourth-order valence-corrected chi connectivity index (χ4v) is 4.73. The van der Waals surface area contributed by atoms with Gasteiger partial charge in [0.15, 0.2) is 21.0 Å². The number of nitrogens with zero attached hydrogens (tertiary/aromatic N) is 6. The molecule has 0 aliphatic heterocycles. The number of hydrogen-bond acceptors (Lipinski definition) is 8. The second-order valence-corrected chi connectivity index (χ2v) is 8.36. The summed E-state index contributed by atoms with van der Waals surface area (Å²) < 4.78 is 3.95. The number of rotatable bonds is 4. The fourth-order valence-electron chi connectivity index (χ4n) is 2.32. The molecule has 0 N–H and O–H groups in total. The van der Waals surface area contributed by atoms with Crippen molar-refractivity contribution in [2.24, 2.45) is 7.05 Å². The highest BCUT2D eigenvalue weighted by molar-refractivity contribution is 8.00. The lowest BCUT2D eigenvalue weighted by Crippen LogP contribution is -1.95. The van der Waals surface area contributed by atoms with Crippen molar-refractivity contribution < 1.29 is 0 Å². The molecule has 0 unspecified atom stereocenters. The molecule has 0 atom stereocenters. The van der Waals surface area contributed by atoms with Gasteiger partial charge in [-0.3, -0.25) is 0 Å². The molecule has 3 aromatic heterocycles. The Morgan fingerprint density at radius 3 is 2.64 bits per heavy atom. The molecule has 9 heteroatoms. The van der Waals surface area contributed by atoms with Gasteiger partial charge in [0.25, 0.3) is 0 Å². The highest BCUT2D eigenvalue weighted by atomic mass is 32.2. The minimum atomic E-state index is 0.729. The van der Waals surface area contributed by atoms with Gasteiger partial charge in [0.1, 0.15) is 16.1 Å². The van der Waals surface area contributed by atoms with Crippen LogP contribution in [0.5, 0.6) is 0 Å². The van der Waals surface area contributed by atoms with E-state index in [1.165, 1.54) is 17.3 Å². The van der Waals surface area contributed by atoms with E-state index in [1.54, 1.807) is 29.4 Å². The third-order valence-electron chi connectivity index (χ3n) is 3.65. The molecular formula is C16H14N6S3. The minimum absolute atomic E-state index is 0.729. The number of thiazole rings is 1. The molecule has 4 rings (SSSR count). The molecule has 0 bridgehead atoms. The maximum absolute atomic E-state index is 4.49. The molecule has 0 spiro atoms. The van der Waals surface area contributed by atoms with Crippen LogP contribution in [0, 0.1) is 6.92 Å². The molecule has 3 heterocycles. The van der Waals surface area contributed by atoms with E-state index in [0.717, 1.165) is 36.3 Å². The van der Waals surface area contributed by atoms with Crippen molar-refractivity contribution in [1.82, 2.24) is 29.7 Å². The first-order valence-corrected chi connectivity index (χ1v) is 10.3. The summed E-state index contributed by atoms with van der Waals surface area (Å²) in [6.07, 6.45) is 3.56. The monoisotopic (exact) mass is 386 g/mol. The van der Waals surface area contributed by atoms with Crippen LogP contribution in [0.2, 0.25) is 0 Å². The molecule has 0 saturated carbocycles. The molecule has 4 aromatic rings. The van der Waals surface area contributed by atoms with Crippen molar-refractivity contribution in [1.29, 1.82) is 0 Å². The summed E-state index contributed by atoms with van der Waals surface area (Å²) in [4.78, 5) is 13.2. The maximum atomic E-state index is 4.49. The van der Waals surface area contributed by atoms with Crippen LogP contribution in [0.3, 0.4) is 0 Å². The number of aryl methyl sites for hydroxylation is 1. The lowest BCUT2D eigenvalue weighted by molar-refractivity contribution is 0.793. The van der Waals surface area contributed by atoms with Crippen LogP contribution in [0.15, 0.2) is 45.1 Å². The second kappa shape index (κ2) is 6.74. The van der Waals surface area contributed by atoms with Crippen LogP contribution in [-0.2, 0) is 7.05 Å². The van der Waals surface area contributed by atoms with E-state index >= 15 is 0 Å². The molecule has 25 heavy (non-hydrogen) atoms. The van der Waals surface area contributed by atoms with Gasteiger partial charge in [-0.25, -0.2) is 15.0 Å². The Kier molecular flexibility index (Phi) is 4.45. The Labute approximate surface area is 157 Å². The number of fused-ring (bicyclic) bond motifs is 1. The smallest absolute Gasteiger partial charge is 0.197 e. The highest BCUT2D eigenvalue weighted by Gasteiger charge is 2.16. The Balaban J connectivity index is 1.70. The van der Waals surface area contributed by atoms with E-state index in [0.29, 0.717) is 0 Å². The van der Waals surface area contributed by atoms with Gasteiger partial charge in [-0.2, -0.15) is 0 Å². The Morgan fingerprint density at radius 1 is 1.08 bits per heavy atom. The van der Waals surface area contributed by atoms with Crippen molar-refractivity contribution in [3.63, 3.8) is 0 Å². The summed E-state index contributed by atoms with van der Waals surface area (Å²) in [5, 5.41) is 10.3. The van der Waals surface area contributed by atoms with Crippen LogP contribution < -0.4 is 0 Å². The zero-order valence-corrected chi connectivity index (χ0v) is 16.2.